The number of nitrogens with zero attached hydrogens (tertiary/aromatic N) is 8. The first-order valence-corrected chi connectivity index (χ1v) is 13.5. The number of carboxylic acid groups (broad SMARTS) is 3. The highest BCUT2D eigenvalue weighted by atomic mass is 127. The van der Waals surface area contributed by atoms with Gasteiger partial charge in [0, 0.05) is 16.0 Å². The summed E-state index contributed by atoms with van der Waals surface area (Å²) in [6.07, 6.45) is 9.11. The van der Waals surface area contributed by atoms with E-state index < -0.39 is 35.4 Å². The number of hydrogen-bond donors (Lipinski definition) is 3. The number of aromatic nitrogens is 6. The fourth-order valence-corrected chi connectivity index (χ4v) is 3.87. The summed E-state index contributed by atoms with van der Waals surface area (Å²) in [6.45, 7) is 0.639. The number of aliphatic imine (C=N–C) groups is 2. The Labute approximate surface area is 285 Å². The van der Waals surface area contributed by atoms with E-state index in [0.717, 1.165) is 29.1 Å². The van der Waals surface area contributed by atoms with Crippen LogP contribution in [0.1, 0.15) is 45.9 Å². The van der Waals surface area contributed by atoms with Crippen LogP contribution in [0.4, 0.5) is 13.2 Å². The molecule has 0 bridgehead atoms. The Kier molecular flexibility index (Phi) is 16.5. The van der Waals surface area contributed by atoms with E-state index in [-0.39, 0.29) is 42.9 Å². The van der Waals surface area contributed by atoms with Crippen LogP contribution >= 0.6 is 22.6 Å². The Morgan fingerprint density at radius 2 is 1.12 bits per heavy atom. The van der Waals surface area contributed by atoms with Crippen molar-refractivity contribution in [1.29, 1.82) is 0 Å². The largest absolute Gasteiger partial charge is 0.478 e. The van der Waals surface area contributed by atoms with Crippen molar-refractivity contribution in [2.75, 3.05) is 6.67 Å². The van der Waals surface area contributed by atoms with Crippen LogP contribution in [0.5, 0.6) is 0 Å². The van der Waals surface area contributed by atoms with Crippen LogP contribution in [-0.2, 0) is 0 Å². The predicted octanol–water partition coefficient (Wildman–Crippen LogP) is 5.71. The molecule has 5 aromatic rings. The SMILES string of the molecule is C.C.C1=NCN=C1.O=C(O)c1cc(F)ccc1-n1ccnn1.O=C(O)c1cc(F)ccc1-n1nccn1.O=C(O)c1cc(F)ccc1I. The number of halogens is 4. The molecule has 14 nitrogen and oxygen atoms in total. The van der Waals surface area contributed by atoms with Crippen molar-refractivity contribution < 1.29 is 42.9 Å². The first kappa shape index (κ1) is 40.2. The summed E-state index contributed by atoms with van der Waals surface area (Å²) >= 11 is 1.84. The van der Waals surface area contributed by atoms with Gasteiger partial charge in [0.05, 0.1) is 47.2 Å². The van der Waals surface area contributed by atoms with E-state index >= 15 is 0 Å². The van der Waals surface area contributed by atoms with Crippen molar-refractivity contribution in [3.8, 4) is 11.4 Å². The van der Waals surface area contributed by atoms with Crippen LogP contribution in [0.25, 0.3) is 11.4 Å². The molecule has 0 radical (unpaired) electrons. The minimum Gasteiger partial charge on any atom is -0.478 e. The van der Waals surface area contributed by atoms with Crippen LogP contribution in [-0.4, -0.2) is 82.3 Å². The van der Waals surface area contributed by atoms with Gasteiger partial charge < -0.3 is 15.3 Å². The van der Waals surface area contributed by atoms with Crippen LogP contribution in [0.15, 0.2) is 89.4 Å². The zero-order valence-corrected chi connectivity index (χ0v) is 25.2. The van der Waals surface area contributed by atoms with Crippen LogP contribution in [0, 0.1) is 21.0 Å². The summed E-state index contributed by atoms with van der Waals surface area (Å²) in [4.78, 5) is 40.7. The molecule has 1 aliphatic rings. The van der Waals surface area contributed by atoms with Gasteiger partial charge in [-0.1, -0.05) is 20.1 Å². The second-order valence-electron chi connectivity index (χ2n) is 8.33. The van der Waals surface area contributed by atoms with Gasteiger partial charge >= 0.3 is 17.9 Å². The minimum absolute atomic E-state index is 0. The van der Waals surface area contributed by atoms with Gasteiger partial charge in [-0.2, -0.15) is 15.0 Å². The standard InChI is InChI=1S/2C9H6FN3O2.C7H4FIO2.C3H4N2.2CH4/c10-6-1-2-8(7(5-6)9(14)15)13-4-3-11-12-13;10-6-1-2-8(7(5-6)9(14)15)13-11-3-4-12-13;8-4-1-2-6(9)5(3-4)7(10)11;1-2-5-3-4-1;;/h2*1-5H,(H,14,15);1-3H,(H,10,11);1-2H,3H2;2*1H4. The quantitative estimate of drug-likeness (QED) is 0.186. The Balaban J connectivity index is 0.000000332. The lowest BCUT2D eigenvalue weighted by atomic mass is 10.2. The molecule has 0 saturated heterocycles. The summed E-state index contributed by atoms with van der Waals surface area (Å²) in [5, 5.41) is 41.0. The van der Waals surface area contributed by atoms with Crippen molar-refractivity contribution in [2.45, 2.75) is 14.9 Å². The highest BCUT2D eigenvalue weighted by Gasteiger charge is 2.14. The van der Waals surface area contributed by atoms with E-state index in [1.807, 2.05) is 22.6 Å². The maximum absolute atomic E-state index is 12.8. The molecule has 3 N–H and O–H groups in total. The summed E-state index contributed by atoms with van der Waals surface area (Å²) in [5.41, 5.74) is 0.188. The molecular weight excluding hydrogens is 752 g/mol. The monoisotopic (exact) mass is 780 g/mol. The van der Waals surface area contributed by atoms with Crippen LogP contribution in [0.2, 0.25) is 0 Å². The number of carboxylic acids is 3. The Morgan fingerprint density at radius 3 is 1.54 bits per heavy atom. The van der Waals surface area contributed by atoms with Gasteiger partial charge in [0.25, 0.3) is 0 Å². The van der Waals surface area contributed by atoms with E-state index in [4.69, 9.17) is 15.3 Å². The van der Waals surface area contributed by atoms with Gasteiger partial charge in [-0.3, -0.25) is 9.98 Å². The van der Waals surface area contributed by atoms with Crippen molar-refractivity contribution in [1.82, 2.24) is 30.0 Å². The molecule has 0 saturated carbocycles. The average Bonchev–Trinajstić information content (AvgIpc) is 3.84. The second kappa shape index (κ2) is 19.7. The van der Waals surface area contributed by atoms with Gasteiger partial charge in [0.2, 0.25) is 0 Å². The maximum Gasteiger partial charge on any atom is 0.338 e. The number of aromatic carboxylic acids is 3. The number of hydrogen-bond acceptors (Lipinski definition) is 9. The molecule has 2 aromatic heterocycles. The molecule has 0 unspecified atom stereocenters. The van der Waals surface area contributed by atoms with E-state index in [1.165, 1.54) is 59.8 Å². The van der Waals surface area contributed by atoms with Gasteiger partial charge in [-0.25, -0.2) is 32.2 Å². The van der Waals surface area contributed by atoms with Gasteiger partial charge in [0.1, 0.15) is 29.8 Å². The molecule has 3 aromatic carbocycles. The van der Waals surface area contributed by atoms with Crippen molar-refractivity contribution in [3.05, 3.63) is 117 Å². The molecule has 6 rings (SSSR count). The smallest absolute Gasteiger partial charge is 0.338 e. The molecule has 0 amide bonds. The molecule has 0 fully saturated rings. The zero-order valence-electron chi connectivity index (χ0n) is 23.0. The Hall–Kier alpha value is -5.79. The number of benzene rings is 3. The molecule has 0 spiro atoms. The average molecular weight is 781 g/mol. The third-order valence-corrected chi connectivity index (χ3v) is 6.22. The molecule has 18 heteroatoms. The molecular formula is C30H28F3IN8O6. The van der Waals surface area contributed by atoms with E-state index in [9.17, 15) is 27.6 Å². The van der Waals surface area contributed by atoms with Crippen molar-refractivity contribution >= 4 is 52.9 Å². The van der Waals surface area contributed by atoms with E-state index in [1.54, 1.807) is 12.4 Å². The van der Waals surface area contributed by atoms with Gasteiger partial charge in [0.15, 0.2) is 0 Å². The topological polar surface area (TPSA) is 198 Å². The molecule has 252 valence electrons. The van der Waals surface area contributed by atoms with Crippen LogP contribution in [0.3, 0.4) is 0 Å². The summed E-state index contributed by atoms with van der Waals surface area (Å²) in [6, 6.07) is 10.5. The van der Waals surface area contributed by atoms with Gasteiger partial charge in [-0.05, 0) is 77.2 Å². The molecule has 0 atom stereocenters. The first-order valence-electron chi connectivity index (χ1n) is 12.4. The fourth-order valence-electron chi connectivity index (χ4n) is 3.31. The second-order valence-corrected chi connectivity index (χ2v) is 9.50. The highest BCUT2D eigenvalue weighted by Crippen LogP contribution is 2.16. The fraction of sp³-hybridized carbons (Fsp3) is 0.100. The summed E-state index contributed by atoms with van der Waals surface area (Å²) < 4.78 is 39.9. The first-order chi connectivity index (χ1) is 22.0. The Morgan fingerprint density at radius 1 is 0.667 bits per heavy atom. The van der Waals surface area contributed by atoms with Crippen molar-refractivity contribution in [2.24, 2.45) is 9.98 Å². The summed E-state index contributed by atoms with van der Waals surface area (Å²) in [7, 11) is 0. The third-order valence-electron chi connectivity index (χ3n) is 5.28. The minimum atomic E-state index is -1.22. The molecule has 3 heterocycles. The van der Waals surface area contributed by atoms with Crippen molar-refractivity contribution in [3.63, 3.8) is 0 Å². The highest BCUT2D eigenvalue weighted by molar-refractivity contribution is 14.1. The summed E-state index contributed by atoms with van der Waals surface area (Å²) in [5.74, 6) is -5.27. The van der Waals surface area contributed by atoms with Crippen LogP contribution < -0.4 is 0 Å². The molecule has 1 aliphatic heterocycles. The lowest BCUT2D eigenvalue weighted by Gasteiger charge is -2.04. The zero-order chi connectivity index (χ0) is 33.6. The lowest BCUT2D eigenvalue weighted by molar-refractivity contribution is 0.0684. The maximum atomic E-state index is 12.8. The number of rotatable bonds is 5. The number of carbonyl (C=O) groups is 3. The van der Waals surface area contributed by atoms with E-state index in [0.29, 0.717) is 10.2 Å². The van der Waals surface area contributed by atoms with E-state index in [2.05, 4.69) is 30.5 Å². The Bertz CT molecular complexity index is 1770. The molecule has 48 heavy (non-hydrogen) atoms. The third kappa shape index (κ3) is 11.9. The normalized spacial score (nSPS) is 10.4. The van der Waals surface area contributed by atoms with Gasteiger partial charge in [-0.15, -0.1) is 5.10 Å². The molecule has 0 aliphatic carbocycles. The predicted molar refractivity (Wildman–Crippen MR) is 178 cm³/mol. The lowest BCUT2D eigenvalue weighted by Crippen LogP contribution is -2.08.